The Bertz CT molecular complexity index is 3330. The molecule has 6 aromatic rings. The highest BCUT2D eigenvalue weighted by Gasteiger charge is 2.43. The lowest BCUT2D eigenvalue weighted by Crippen LogP contribution is -2.56. The van der Waals surface area contributed by atoms with Crippen LogP contribution >= 0.6 is 0 Å². The Hall–Kier alpha value is -7.53. The van der Waals surface area contributed by atoms with Gasteiger partial charge in [0.25, 0.3) is 0 Å². The van der Waals surface area contributed by atoms with E-state index in [2.05, 4.69) is 20.6 Å². The molecular weight excluding hydrogens is 1080 g/mol. The van der Waals surface area contributed by atoms with Crippen molar-refractivity contribution < 1.29 is 55.3 Å². The summed E-state index contributed by atoms with van der Waals surface area (Å²) in [5.74, 6) is -3.28. The molecule has 1 unspecified atom stereocenters. The number of piperidine rings is 1. The second kappa shape index (κ2) is 24.7. The number of methoxy groups -OCH3 is 3. The molecule has 0 saturated carbocycles. The quantitative estimate of drug-likeness (QED) is 0.0635. The maximum atomic E-state index is 17.1. The number of hydrogen-bond donors (Lipinski definition) is 4. The van der Waals surface area contributed by atoms with Crippen LogP contribution in [0.25, 0.3) is 22.1 Å². The fourth-order valence-electron chi connectivity index (χ4n) is 12.9. The van der Waals surface area contributed by atoms with E-state index < -0.39 is 89.8 Å². The second-order valence-corrected chi connectivity index (χ2v) is 22.1. The van der Waals surface area contributed by atoms with Crippen molar-refractivity contribution in [2.45, 2.75) is 133 Å². The highest BCUT2D eigenvalue weighted by atomic mass is 19.1. The molecule has 83 heavy (non-hydrogen) atoms. The lowest BCUT2D eigenvalue weighted by atomic mass is 9.89. The number of fused-ring (bicyclic) bond motifs is 2. The summed E-state index contributed by atoms with van der Waals surface area (Å²) in [5.41, 5.74) is 2.52. The molecule has 23 heteroatoms. The van der Waals surface area contributed by atoms with Crippen molar-refractivity contribution in [1.29, 1.82) is 0 Å². The number of anilines is 2. The number of hydrogen-bond acceptors (Lipinski definition) is 11. The van der Waals surface area contributed by atoms with Crippen molar-refractivity contribution in [2.24, 2.45) is 0 Å². The van der Waals surface area contributed by atoms with Crippen LogP contribution in [-0.2, 0) is 23.8 Å². The summed E-state index contributed by atoms with van der Waals surface area (Å²) < 4.78 is 97.6. The van der Waals surface area contributed by atoms with Gasteiger partial charge in [0.2, 0.25) is 11.8 Å². The van der Waals surface area contributed by atoms with Gasteiger partial charge in [0.1, 0.15) is 46.9 Å². The number of ether oxygens (including phenoxy) is 3. The Balaban J connectivity index is 0.987. The molecule has 0 radical (unpaired) electrons. The van der Waals surface area contributed by atoms with E-state index in [1.54, 1.807) is 62.6 Å². The van der Waals surface area contributed by atoms with Crippen LogP contribution in [0, 0.1) is 29.1 Å². The van der Waals surface area contributed by atoms with E-state index in [9.17, 15) is 23.6 Å². The number of H-pyrrole nitrogens is 2. The monoisotopic (exact) mass is 1150 g/mol. The molecule has 0 spiro atoms. The maximum Gasteiger partial charge on any atom is 0.407 e. The van der Waals surface area contributed by atoms with Crippen LogP contribution in [0.1, 0.15) is 137 Å². The minimum atomic E-state index is -1.08. The van der Waals surface area contributed by atoms with Gasteiger partial charge in [-0.2, -0.15) is 0 Å². The molecule has 0 bridgehead atoms. The number of likely N-dealkylation sites (tertiary alicyclic amines) is 2. The van der Waals surface area contributed by atoms with E-state index in [1.165, 1.54) is 57.7 Å². The highest BCUT2D eigenvalue weighted by Crippen LogP contribution is 2.50. The molecule has 4 N–H and O–H groups in total. The maximum absolute atomic E-state index is 17.1. The third kappa shape index (κ3) is 11.6. The SMILES string of the molecule is CCN(CC)C(=O)N[C@H](C(=O)N1CCC[C@H]1c1nc2cc(F)c([C@H]3CC[C@H](c4cc5[nH]c([C@@H]6CCCN6C(=O)C(NC(=O)OC)[C@@H](C)OC)nc5cc4F)N3c3cc(F)c(N4CCC(c5ccc(F)cc5)CC4)c(F)c3)cc2[nH]1)[C@@H](C)OC. The number of alkyl carbamates (subject to hydrolysis) is 1. The molecule has 4 aromatic carbocycles. The molecule has 8 atom stereocenters. The standard InChI is InChI=1S/C60H72F5N11O7/c1-8-72(9-2)59(79)70-52(32(3)81-5)57(77)74-22-10-12-50(74)55-66-44-28-38(40(62)30-46(44)68-55)48-18-19-49(76(48)37-26-42(64)54(43(65)27-37)73-24-20-35(21-25-73)34-14-16-36(61)17-15-34)39-29-45-47(31-41(39)63)69-56(67-45)51-13-11-23-75(51)58(78)53(33(4)82-6)71-60(80)83-7/h14-17,26-33,35,48-53H,8-13,18-25H2,1-7H3,(H,66,68)(H,67,69)(H,70,79)(H,71,80)/t32-,33-,48-,49-,50+,51+,52+,53?/m1/s1. The summed E-state index contributed by atoms with van der Waals surface area (Å²) in [5, 5.41) is 5.45. The van der Waals surface area contributed by atoms with Gasteiger partial charge in [0.05, 0.1) is 65.6 Å². The van der Waals surface area contributed by atoms with Crippen LogP contribution < -0.4 is 20.4 Å². The molecule has 0 aliphatic carbocycles. The smallest absolute Gasteiger partial charge is 0.407 e. The Morgan fingerprint density at radius 3 is 1.57 bits per heavy atom. The third-order valence-corrected chi connectivity index (χ3v) is 17.5. The first kappa shape index (κ1) is 58.7. The fourth-order valence-corrected chi connectivity index (χ4v) is 12.9. The van der Waals surface area contributed by atoms with Gasteiger partial charge < -0.3 is 59.3 Å². The fraction of sp³-hybridized carbons (Fsp3) is 0.500. The first-order valence-corrected chi connectivity index (χ1v) is 28.7. The number of benzene rings is 4. The number of urea groups is 1. The summed E-state index contributed by atoms with van der Waals surface area (Å²) in [6.45, 7) is 9.32. The predicted octanol–water partition coefficient (Wildman–Crippen LogP) is 10.1. The average molecular weight is 1150 g/mol. The predicted molar refractivity (Wildman–Crippen MR) is 301 cm³/mol. The molecule has 444 valence electrons. The number of carbonyl (C=O) groups is 4. The zero-order valence-electron chi connectivity index (χ0n) is 47.7. The first-order chi connectivity index (χ1) is 39.9. The number of rotatable bonds is 17. The van der Waals surface area contributed by atoms with Crippen LogP contribution in [0.3, 0.4) is 0 Å². The molecule has 5 amide bonds. The lowest BCUT2D eigenvalue weighted by Gasteiger charge is -2.36. The van der Waals surface area contributed by atoms with Crippen molar-refractivity contribution >= 4 is 57.4 Å². The van der Waals surface area contributed by atoms with E-state index in [4.69, 9.17) is 24.2 Å². The molecule has 4 saturated heterocycles. The normalized spacial score (nSPS) is 21.0. The van der Waals surface area contributed by atoms with Gasteiger partial charge in [-0.05, 0) is 127 Å². The van der Waals surface area contributed by atoms with Crippen LogP contribution in [0.4, 0.5) is 42.9 Å². The van der Waals surface area contributed by atoms with Gasteiger partial charge in [0, 0.05) is 82.4 Å². The number of carbonyl (C=O) groups excluding carboxylic acids is 4. The van der Waals surface area contributed by atoms with Gasteiger partial charge in [-0.1, -0.05) is 12.1 Å². The Labute approximate surface area is 478 Å². The number of halogens is 5. The van der Waals surface area contributed by atoms with E-state index in [0.29, 0.717) is 100 Å². The molecule has 18 nitrogen and oxygen atoms in total. The first-order valence-electron chi connectivity index (χ1n) is 28.7. The highest BCUT2D eigenvalue weighted by molar-refractivity contribution is 5.89. The van der Waals surface area contributed by atoms with Gasteiger partial charge in [0.15, 0.2) is 11.6 Å². The summed E-state index contributed by atoms with van der Waals surface area (Å²) in [6, 6.07) is 9.09. The molecular formula is C60H72F5N11O7. The van der Waals surface area contributed by atoms with E-state index in [1.807, 2.05) is 13.8 Å². The zero-order chi connectivity index (χ0) is 59.0. The van der Waals surface area contributed by atoms with Crippen LogP contribution in [0.15, 0.2) is 60.7 Å². The van der Waals surface area contributed by atoms with Crippen molar-refractivity contribution in [2.75, 3.05) is 70.4 Å². The van der Waals surface area contributed by atoms with Crippen molar-refractivity contribution in [1.82, 2.24) is 45.3 Å². The summed E-state index contributed by atoms with van der Waals surface area (Å²) >= 11 is 0. The molecule has 4 aliphatic rings. The zero-order valence-corrected chi connectivity index (χ0v) is 47.7. The van der Waals surface area contributed by atoms with Crippen LogP contribution in [0.5, 0.6) is 0 Å². The van der Waals surface area contributed by atoms with Gasteiger partial charge >= 0.3 is 12.1 Å². The average Bonchev–Trinajstić information content (AvgIpc) is 2.47. The molecule has 4 fully saturated rings. The van der Waals surface area contributed by atoms with Crippen molar-refractivity contribution in [3.63, 3.8) is 0 Å². The Kier molecular flexibility index (Phi) is 17.5. The van der Waals surface area contributed by atoms with Crippen LogP contribution in [-0.4, -0.2) is 143 Å². The van der Waals surface area contributed by atoms with Gasteiger partial charge in [-0.3, -0.25) is 9.59 Å². The number of aromatic nitrogens is 4. The van der Waals surface area contributed by atoms with Crippen molar-refractivity contribution in [3.8, 4) is 0 Å². The Morgan fingerprint density at radius 2 is 1.11 bits per heavy atom. The van der Waals surface area contributed by atoms with Crippen LogP contribution in [0.2, 0.25) is 0 Å². The topological polar surface area (TPSA) is 194 Å². The molecule has 10 rings (SSSR count). The summed E-state index contributed by atoms with van der Waals surface area (Å²) in [4.78, 5) is 78.4. The van der Waals surface area contributed by atoms with Gasteiger partial charge in [-0.15, -0.1) is 0 Å². The number of imidazole rings is 2. The minimum Gasteiger partial charge on any atom is -0.453 e. The van der Waals surface area contributed by atoms with E-state index >= 15 is 17.6 Å². The van der Waals surface area contributed by atoms with E-state index in [0.717, 1.165) is 5.56 Å². The summed E-state index contributed by atoms with van der Waals surface area (Å²) in [6.07, 6.45) is 1.71. The van der Waals surface area contributed by atoms with Gasteiger partial charge in [-0.25, -0.2) is 41.5 Å². The minimum absolute atomic E-state index is 0.0561. The Morgan fingerprint density at radius 1 is 0.627 bits per heavy atom. The number of nitrogens with zero attached hydrogens (tertiary/aromatic N) is 7. The number of aromatic amines is 2. The molecule has 2 aromatic heterocycles. The number of amides is 5. The largest absolute Gasteiger partial charge is 0.453 e. The lowest BCUT2D eigenvalue weighted by molar-refractivity contribution is -0.138. The molecule has 6 heterocycles. The molecule has 4 aliphatic heterocycles. The number of nitrogens with one attached hydrogen (secondary N) is 4. The second-order valence-electron chi connectivity index (χ2n) is 22.1. The van der Waals surface area contributed by atoms with E-state index in [-0.39, 0.29) is 64.0 Å². The third-order valence-electron chi connectivity index (χ3n) is 17.5. The van der Waals surface area contributed by atoms with Crippen molar-refractivity contribution in [3.05, 3.63) is 118 Å². The summed E-state index contributed by atoms with van der Waals surface area (Å²) in [7, 11) is 4.09.